The lowest BCUT2D eigenvalue weighted by Gasteiger charge is -2.35. The van der Waals surface area contributed by atoms with Crippen LogP contribution in [0, 0.1) is 0 Å². The van der Waals surface area contributed by atoms with Gasteiger partial charge in [0.2, 0.25) is 5.91 Å². The van der Waals surface area contributed by atoms with Crippen molar-refractivity contribution < 1.29 is 14.6 Å². The number of aliphatic hydroxyl groups is 1. The largest absolute Gasteiger partial charge is 0.506 e. The van der Waals surface area contributed by atoms with E-state index in [1.54, 1.807) is 4.90 Å². The van der Waals surface area contributed by atoms with Crippen LogP contribution in [0.5, 0.6) is 5.75 Å². The molecule has 3 heterocycles. The maximum atomic E-state index is 12.3. The van der Waals surface area contributed by atoms with Gasteiger partial charge in [0.25, 0.3) is 0 Å². The SMILES string of the molecule is CC1(C)Oc2ccsc2C(N2CCCCCC2=O)=C1O. The molecule has 1 saturated heterocycles. The lowest BCUT2D eigenvalue weighted by atomic mass is 10.0. The molecule has 1 fully saturated rings. The standard InChI is InChI=1S/C15H19NO3S/c1-15(2)14(18)12(13-10(19-15)7-9-20-13)16-8-5-3-4-6-11(16)17/h7,9,18H,3-6,8H2,1-2H3. The number of hydrogen-bond donors (Lipinski definition) is 1. The molecule has 0 aliphatic carbocycles. The number of thiophene rings is 1. The summed E-state index contributed by atoms with van der Waals surface area (Å²) in [5.74, 6) is 1.01. The molecule has 0 aromatic carbocycles. The number of aliphatic hydroxyl groups excluding tert-OH is 1. The van der Waals surface area contributed by atoms with Crippen LogP contribution in [0.1, 0.15) is 44.4 Å². The van der Waals surface area contributed by atoms with Crippen LogP contribution in [-0.4, -0.2) is 28.1 Å². The summed E-state index contributed by atoms with van der Waals surface area (Å²) in [5, 5.41) is 12.5. The number of likely N-dealkylation sites (tertiary alicyclic amines) is 1. The van der Waals surface area contributed by atoms with E-state index in [2.05, 4.69) is 0 Å². The van der Waals surface area contributed by atoms with Gasteiger partial charge in [-0.25, -0.2) is 0 Å². The Hall–Kier alpha value is -1.49. The second kappa shape index (κ2) is 4.81. The van der Waals surface area contributed by atoms with E-state index >= 15 is 0 Å². The van der Waals surface area contributed by atoms with E-state index in [-0.39, 0.29) is 11.7 Å². The molecule has 1 aromatic rings. The zero-order chi connectivity index (χ0) is 14.3. The third-order valence-corrected chi connectivity index (χ3v) is 4.75. The lowest BCUT2D eigenvalue weighted by molar-refractivity contribution is -0.127. The summed E-state index contributed by atoms with van der Waals surface area (Å²) < 4.78 is 5.82. The fourth-order valence-electron chi connectivity index (χ4n) is 2.74. The summed E-state index contributed by atoms with van der Waals surface area (Å²) in [5.41, 5.74) is -0.145. The van der Waals surface area contributed by atoms with E-state index in [0.717, 1.165) is 29.9 Å². The van der Waals surface area contributed by atoms with Gasteiger partial charge >= 0.3 is 0 Å². The third-order valence-electron chi connectivity index (χ3n) is 3.85. The molecular formula is C15H19NO3S. The lowest BCUT2D eigenvalue weighted by Crippen LogP contribution is -2.39. The van der Waals surface area contributed by atoms with Gasteiger partial charge in [-0.3, -0.25) is 4.79 Å². The Morgan fingerprint density at radius 3 is 2.95 bits per heavy atom. The summed E-state index contributed by atoms with van der Waals surface area (Å²) in [7, 11) is 0. The summed E-state index contributed by atoms with van der Waals surface area (Å²) in [6, 6.07) is 1.90. The average Bonchev–Trinajstić information content (AvgIpc) is 2.72. The molecule has 1 amide bonds. The topological polar surface area (TPSA) is 49.8 Å². The number of carbonyl (C=O) groups is 1. The Labute approximate surface area is 122 Å². The Kier molecular flexibility index (Phi) is 3.24. The smallest absolute Gasteiger partial charge is 0.227 e. The Bertz CT molecular complexity index is 573. The number of fused-ring (bicyclic) bond motifs is 1. The molecule has 1 N–H and O–H groups in total. The van der Waals surface area contributed by atoms with Crippen LogP contribution in [0.15, 0.2) is 17.2 Å². The molecule has 1 aromatic heterocycles. The molecular weight excluding hydrogens is 274 g/mol. The van der Waals surface area contributed by atoms with E-state index < -0.39 is 5.60 Å². The quantitative estimate of drug-likeness (QED) is 0.861. The average molecular weight is 293 g/mol. The molecule has 4 nitrogen and oxygen atoms in total. The zero-order valence-corrected chi connectivity index (χ0v) is 12.6. The van der Waals surface area contributed by atoms with Crippen molar-refractivity contribution in [2.75, 3.05) is 6.54 Å². The van der Waals surface area contributed by atoms with Gasteiger partial charge < -0.3 is 14.7 Å². The second-order valence-corrected chi connectivity index (χ2v) is 6.70. The van der Waals surface area contributed by atoms with Crippen molar-refractivity contribution in [3.8, 4) is 5.75 Å². The molecule has 0 spiro atoms. The number of nitrogens with zero attached hydrogens (tertiary/aromatic N) is 1. The Morgan fingerprint density at radius 1 is 1.35 bits per heavy atom. The summed E-state index contributed by atoms with van der Waals surface area (Å²) in [6.45, 7) is 4.32. The Balaban J connectivity index is 2.11. The van der Waals surface area contributed by atoms with Crippen molar-refractivity contribution in [1.82, 2.24) is 4.90 Å². The molecule has 5 heteroatoms. The van der Waals surface area contributed by atoms with Crippen LogP contribution in [0.25, 0.3) is 5.70 Å². The first-order valence-electron chi connectivity index (χ1n) is 7.01. The van der Waals surface area contributed by atoms with Crippen LogP contribution in [0.2, 0.25) is 0 Å². The number of ether oxygens (including phenoxy) is 1. The van der Waals surface area contributed by atoms with E-state index in [4.69, 9.17) is 4.74 Å². The highest BCUT2D eigenvalue weighted by molar-refractivity contribution is 7.11. The predicted octanol–water partition coefficient (Wildman–Crippen LogP) is 3.55. The minimum atomic E-state index is -0.796. The first-order valence-corrected chi connectivity index (χ1v) is 7.89. The van der Waals surface area contributed by atoms with Gasteiger partial charge in [-0.1, -0.05) is 6.42 Å². The van der Waals surface area contributed by atoms with Gasteiger partial charge in [0.15, 0.2) is 11.4 Å². The second-order valence-electron chi connectivity index (χ2n) is 5.78. The molecule has 0 atom stereocenters. The number of hydrogen-bond acceptors (Lipinski definition) is 4. The highest BCUT2D eigenvalue weighted by Crippen LogP contribution is 2.44. The molecule has 2 aliphatic rings. The van der Waals surface area contributed by atoms with Gasteiger partial charge in [-0.15, -0.1) is 11.3 Å². The van der Waals surface area contributed by atoms with Crippen molar-refractivity contribution in [2.24, 2.45) is 0 Å². The van der Waals surface area contributed by atoms with Gasteiger partial charge in [0, 0.05) is 13.0 Å². The van der Waals surface area contributed by atoms with Crippen LogP contribution >= 0.6 is 11.3 Å². The van der Waals surface area contributed by atoms with Crippen molar-refractivity contribution >= 4 is 22.9 Å². The highest BCUT2D eigenvalue weighted by Gasteiger charge is 2.39. The van der Waals surface area contributed by atoms with Crippen LogP contribution in [0.3, 0.4) is 0 Å². The van der Waals surface area contributed by atoms with Crippen LogP contribution in [-0.2, 0) is 4.79 Å². The van der Waals surface area contributed by atoms with E-state index in [9.17, 15) is 9.90 Å². The third kappa shape index (κ3) is 2.10. The normalized spacial score (nSPS) is 22.3. The molecule has 0 saturated carbocycles. The van der Waals surface area contributed by atoms with Crippen LogP contribution in [0.4, 0.5) is 0 Å². The summed E-state index contributed by atoms with van der Waals surface area (Å²) in [4.78, 5) is 15.0. The van der Waals surface area contributed by atoms with E-state index in [1.807, 2.05) is 25.3 Å². The minimum absolute atomic E-state index is 0.0982. The van der Waals surface area contributed by atoms with E-state index in [0.29, 0.717) is 18.7 Å². The first kappa shape index (κ1) is 13.5. The molecule has 20 heavy (non-hydrogen) atoms. The number of amides is 1. The number of rotatable bonds is 1. The molecule has 108 valence electrons. The molecule has 3 rings (SSSR count). The molecule has 2 aliphatic heterocycles. The maximum absolute atomic E-state index is 12.3. The molecule has 0 radical (unpaired) electrons. The van der Waals surface area contributed by atoms with Crippen molar-refractivity contribution in [3.05, 3.63) is 22.1 Å². The van der Waals surface area contributed by atoms with Gasteiger partial charge in [0.05, 0.1) is 4.88 Å². The molecule has 0 bridgehead atoms. The monoisotopic (exact) mass is 293 g/mol. The van der Waals surface area contributed by atoms with Crippen LogP contribution < -0.4 is 4.74 Å². The summed E-state index contributed by atoms with van der Waals surface area (Å²) in [6.07, 6.45) is 3.53. The fourth-order valence-corrected chi connectivity index (χ4v) is 3.61. The van der Waals surface area contributed by atoms with Gasteiger partial charge in [-0.05, 0) is 38.1 Å². The van der Waals surface area contributed by atoms with Crippen molar-refractivity contribution in [3.63, 3.8) is 0 Å². The first-order chi connectivity index (χ1) is 9.50. The zero-order valence-electron chi connectivity index (χ0n) is 11.8. The van der Waals surface area contributed by atoms with Gasteiger partial charge in [-0.2, -0.15) is 0 Å². The maximum Gasteiger partial charge on any atom is 0.227 e. The predicted molar refractivity (Wildman–Crippen MR) is 78.8 cm³/mol. The minimum Gasteiger partial charge on any atom is -0.506 e. The molecule has 0 unspecified atom stereocenters. The van der Waals surface area contributed by atoms with Crippen molar-refractivity contribution in [2.45, 2.75) is 45.1 Å². The van der Waals surface area contributed by atoms with Gasteiger partial charge in [0.1, 0.15) is 11.4 Å². The highest BCUT2D eigenvalue weighted by atomic mass is 32.1. The number of carbonyl (C=O) groups excluding carboxylic acids is 1. The summed E-state index contributed by atoms with van der Waals surface area (Å²) >= 11 is 1.50. The van der Waals surface area contributed by atoms with E-state index in [1.165, 1.54) is 11.3 Å². The Morgan fingerprint density at radius 2 is 2.15 bits per heavy atom. The fraction of sp³-hybridized carbons (Fsp3) is 0.533. The van der Waals surface area contributed by atoms with Crippen molar-refractivity contribution in [1.29, 1.82) is 0 Å².